The van der Waals surface area contributed by atoms with Crippen LogP contribution in [0.3, 0.4) is 0 Å². The van der Waals surface area contributed by atoms with Crippen LogP contribution in [0.4, 0.5) is 0 Å². The average molecular weight is 360 g/mol. The van der Waals surface area contributed by atoms with Crippen molar-refractivity contribution in [3.63, 3.8) is 0 Å². The van der Waals surface area contributed by atoms with Crippen LogP contribution < -0.4 is 4.74 Å². The van der Waals surface area contributed by atoms with E-state index in [0.717, 1.165) is 22.7 Å². The Labute approximate surface area is 150 Å². The van der Waals surface area contributed by atoms with E-state index < -0.39 is 12.0 Å². The van der Waals surface area contributed by atoms with Crippen molar-refractivity contribution in [2.75, 3.05) is 13.2 Å². The number of carboxylic acids is 1. The molecular formula is C18H20N2O4S. The summed E-state index contributed by atoms with van der Waals surface area (Å²) in [6, 6.07) is 6.98. The monoisotopic (exact) mass is 360 g/mol. The lowest BCUT2D eigenvalue weighted by Gasteiger charge is -2.20. The molecule has 0 spiro atoms. The Hall–Kier alpha value is -2.41. The largest absolute Gasteiger partial charge is 0.494 e. The second kappa shape index (κ2) is 7.65. The molecule has 1 aliphatic rings. The van der Waals surface area contributed by atoms with E-state index in [0.29, 0.717) is 25.3 Å². The minimum absolute atomic E-state index is 0.136. The Morgan fingerprint density at radius 3 is 2.80 bits per heavy atom. The van der Waals surface area contributed by atoms with Gasteiger partial charge in [-0.3, -0.25) is 4.79 Å². The Bertz CT molecular complexity index is 757. The van der Waals surface area contributed by atoms with Gasteiger partial charge in [-0.2, -0.15) is 0 Å². The zero-order valence-electron chi connectivity index (χ0n) is 14.0. The first-order chi connectivity index (χ1) is 12.1. The average Bonchev–Trinajstić information content (AvgIpc) is 3.25. The van der Waals surface area contributed by atoms with Gasteiger partial charge in [-0.15, -0.1) is 11.3 Å². The van der Waals surface area contributed by atoms with Gasteiger partial charge in [-0.1, -0.05) is 0 Å². The molecule has 1 aromatic heterocycles. The van der Waals surface area contributed by atoms with Crippen molar-refractivity contribution >= 4 is 23.2 Å². The van der Waals surface area contributed by atoms with Crippen molar-refractivity contribution in [3.8, 4) is 16.3 Å². The number of aliphatic carboxylic acids is 1. The van der Waals surface area contributed by atoms with Crippen LogP contribution in [0.15, 0.2) is 29.6 Å². The number of benzene rings is 1. The van der Waals surface area contributed by atoms with E-state index in [1.165, 1.54) is 16.2 Å². The molecule has 7 heteroatoms. The number of aromatic nitrogens is 1. The molecule has 1 aromatic carbocycles. The van der Waals surface area contributed by atoms with Gasteiger partial charge in [0.05, 0.1) is 18.7 Å². The first kappa shape index (κ1) is 17.4. The van der Waals surface area contributed by atoms with E-state index in [1.54, 1.807) is 0 Å². The Morgan fingerprint density at radius 2 is 2.12 bits per heavy atom. The fraction of sp³-hybridized carbons (Fsp3) is 0.389. The summed E-state index contributed by atoms with van der Waals surface area (Å²) in [6.45, 7) is 3.07. The standard InChI is InChI=1S/C18H20N2O4S/c1-2-24-14-7-5-12(6-8-14)17-19-13(11-25-17)10-16(21)20-9-3-4-15(20)18(22)23/h5-8,11,15H,2-4,9-10H2,1H3,(H,22,23)/t15-/m1/s1. The molecule has 0 bridgehead atoms. The topological polar surface area (TPSA) is 79.7 Å². The number of ether oxygens (including phenoxy) is 1. The quantitative estimate of drug-likeness (QED) is 0.857. The second-order valence-corrected chi connectivity index (χ2v) is 6.72. The number of carbonyl (C=O) groups excluding carboxylic acids is 1. The van der Waals surface area contributed by atoms with Crippen LogP contribution in [0.25, 0.3) is 10.6 Å². The zero-order valence-corrected chi connectivity index (χ0v) is 14.8. The van der Waals surface area contributed by atoms with Crippen LogP contribution in [0.1, 0.15) is 25.5 Å². The summed E-state index contributed by atoms with van der Waals surface area (Å²) < 4.78 is 5.43. The van der Waals surface area contributed by atoms with Gasteiger partial charge in [0.2, 0.25) is 5.91 Å². The van der Waals surface area contributed by atoms with Gasteiger partial charge in [-0.25, -0.2) is 9.78 Å². The molecule has 3 rings (SSSR count). The predicted octanol–water partition coefficient (Wildman–Crippen LogP) is 2.83. The molecule has 1 amide bonds. The molecule has 1 fully saturated rings. The van der Waals surface area contributed by atoms with E-state index in [1.807, 2.05) is 36.6 Å². The van der Waals surface area contributed by atoms with E-state index in [9.17, 15) is 14.7 Å². The van der Waals surface area contributed by atoms with Gasteiger partial charge in [0.15, 0.2) is 0 Å². The first-order valence-electron chi connectivity index (χ1n) is 8.28. The van der Waals surface area contributed by atoms with E-state index >= 15 is 0 Å². The molecule has 25 heavy (non-hydrogen) atoms. The van der Waals surface area contributed by atoms with Crippen molar-refractivity contribution in [2.45, 2.75) is 32.2 Å². The van der Waals surface area contributed by atoms with Crippen LogP contribution in [-0.4, -0.2) is 46.1 Å². The lowest BCUT2D eigenvalue weighted by molar-refractivity contribution is -0.148. The maximum Gasteiger partial charge on any atom is 0.326 e. The number of hydrogen-bond acceptors (Lipinski definition) is 5. The summed E-state index contributed by atoms with van der Waals surface area (Å²) in [5.74, 6) is -0.292. The highest BCUT2D eigenvalue weighted by Gasteiger charge is 2.33. The first-order valence-corrected chi connectivity index (χ1v) is 9.16. The van der Waals surface area contributed by atoms with Crippen molar-refractivity contribution in [1.82, 2.24) is 9.88 Å². The molecular weight excluding hydrogens is 340 g/mol. The molecule has 1 N–H and O–H groups in total. The zero-order chi connectivity index (χ0) is 17.8. The molecule has 2 heterocycles. The highest BCUT2D eigenvalue weighted by molar-refractivity contribution is 7.13. The molecule has 0 aliphatic carbocycles. The fourth-order valence-electron chi connectivity index (χ4n) is 2.96. The Morgan fingerprint density at radius 1 is 1.36 bits per heavy atom. The summed E-state index contributed by atoms with van der Waals surface area (Å²) in [4.78, 5) is 29.6. The van der Waals surface area contributed by atoms with Crippen LogP contribution in [-0.2, 0) is 16.0 Å². The van der Waals surface area contributed by atoms with Crippen molar-refractivity contribution < 1.29 is 19.4 Å². The highest BCUT2D eigenvalue weighted by atomic mass is 32.1. The van der Waals surface area contributed by atoms with Crippen LogP contribution >= 0.6 is 11.3 Å². The SMILES string of the molecule is CCOc1ccc(-c2nc(CC(=O)N3CCC[C@@H]3C(=O)O)cs2)cc1. The Kier molecular flexibility index (Phi) is 5.33. The third-order valence-electron chi connectivity index (χ3n) is 4.15. The smallest absolute Gasteiger partial charge is 0.326 e. The molecule has 6 nitrogen and oxygen atoms in total. The molecule has 0 saturated carbocycles. The molecule has 2 aromatic rings. The van der Waals surface area contributed by atoms with Gasteiger partial charge >= 0.3 is 5.97 Å². The predicted molar refractivity (Wildman–Crippen MR) is 94.8 cm³/mol. The number of rotatable bonds is 6. The van der Waals surface area contributed by atoms with Gasteiger partial charge in [0.1, 0.15) is 16.8 Å². The molecule has 132 valence electrons. The van der Waals surface area contributed by atoms with Crippen LogP contribution in [0.5, 0.6) is 5.75 Å². The third kappa shape index (κ3) is 3.99. The summed E-state index contributed by atoms with van der Waals surface area (Å²) >= 11 is 1.47. The minimum Gasteiger partial charge on any atom is -0.494 e. The molecule has 0 radical (unpaired) electrons. The minimum atomic E-state index is -0.931. The molecule has 1 aliphatic heterocycles. The van der Waals surface area contributed by atoms with Crippen LogP contribution in [0, 0.1) is 0 Å². The van der Waals surface area contributed by atoms with E-state index in [-0.39, 0.29) is 12.3 Å². The van der Waals surface area contributed by atoms with E-state index in [4.69, 9.17) is 4.74 Å². The number of carbonyl (C=O) groups is 2. The number of likely N-dealkylation sites (tertiary alicyclic amines) is 1. The number of amides is 1. The number of carboxylic acid groups (broad SMARTS) is 1. The highest BCUT2D eigenvalue weighted by Crippen LogP contribution is 2.26. The Balaban J connectivity index is 1.67. The second-order valence-electron chi connectivity index (χ2n) is 5.86. The third-order valence-corrected chi connectivity index (χ3v) is 5.09. The molecule has 0 unspecified atom stereocenters. The van der Waals surface area contributed by atoms with Gasteiger partial charge in [0.25, 0.3) is 0 Å². The number of nitrogens with zero attached hydrogens (tertiary/aromatic N) is 2. The van der Waals surface area contributed by atoms with Gasteiger partial charge in [0, 0.05) is 17.5 Å². The lowest BCUT2D eigenvalue weighted by atomic mass is 10.2. The number of hydrogen-bond donors (Lipinski definition) is 1. The van der Waals surface area contributed by atoms with Crippen molar-refractivity contribution in [1.29, 1.82) is 0 Å². The molecule has 1 atom stereocenters. The summed E-state index contributed by atoms with van der Waals surface area (Å²) in [5, 5.41) is 11.9. The maximum atomic E-state index is 12.4. The number of thiazole rings is 1. The summed E-state index contributed by atoms with van der Waals surface area (Å²) in [7, 11) is 0. The molecule has 1 saturated heterocycles. The lowest BCUT2D eigenvalue weighted by Crippen LogP contribution is -2.41. The van der Waals surface area contributed by atoms with Gasteiger partial charge in [-0.05, 0) is 44.0 Å². The fourth-order valence-corrected chi connectivity index (χ4v) is 3.79. The van der Waals surface area contributed by atoms with Crippen LogP contribution in [0.2, 0.25) is 0 Å². The van der Waals surface area contributed by atoms with Crippen molar-refractivity contribution in [2.24, 2.45) is 0 Å². The van der Waals surface area contributed by atoms with Gasteiger partial charge < -0.3 is 14.7 Å². The summed E-state index contributed by atoms with van der Waals surface area (Å²) in [6.07, 6.45) is 1.39. The van der Waals surface area contributed by atoms with Crippen molar-refractivity contribution in [3.05, 3.63) is 35.3 Å². The maximum absolute atomic E-state index is 12.4. The van der Waals surface area contributed by atoms with E-state index in [2.05, 4.69) is 4.98 Å². The summed E-state index contributed by atoms with van der Waals surface area (Å²) in [5.41, 5.74) is 1.65. The normalized spacial score (nSPS) is 16.8.